The fourth-order valence-corrected chi connectivity index (χ4v) is 5.40. The van der Waals surface area contributed by atoms with Crippen LogP contribution in [0.25, 0.3) is 0 Å². The van der Waals surface area contributed by atoms with Crippen LogP contribution in [0.5, 0.6) is 0 Å². The smallest absolute Gasteiger partial charge is 0.0685 e. The molecule has 3 rings (SSSR count). The second kappa shape index (κ2) is 5.50. The fourth-order valence-electron chi connectivity index (χ4n) is 5.40. The molecule has 0 aromatic heterocycles. The van der Waals surface area contributed by atoms with Crippen LogP contribution in [0.1, 0.15) is 52.9 Å². The molecule has 0 spiro atoms. The molecule has 3 fully saturated rings. The molecule has 1 heterocycles. The number of fused-ring (bicyclic) bond motifs is 1. The van der Waals surface area contributed by atoms with Crippen molar-refractivity contribution in [3.8, 4) is 0 Å². The number of hydrogen-bond acceptors (Lipinski definition) is 3. The van der Waals surface area contributed by atoms with E-state index in [-0.39, 0.29) is 0 Å². The Hall–Kier alpha value is -0.120. The highest BCUT2D eigenvalue weighted by Crippen LogP contribution is 2.52. The topological polar surface area (TPSA) is 24.5 Å². The first-order valence-electron chi connectivity index (χ1n) is 8.89. The Kier molecular flexibility index (Phi) is 4.13. The molecule has 3 heteroatoms. The summed E-state index contributed by atoms with van der Waals surface area (Å²) >= 11 is 0. The maximum absolute atomic E-state index is 5.93. The van der Waals surface area contributed by atoms with Gasteiger partial charge in [-0.05, 0) is 39.3 Å². The third kappa shape index (κ3) is 2.55. The first-order chi connectivity index (χ1) is 9.87. The number of hydrogen-bond donors (Lipinski definition) is 1. The van der Waals surface area contributed by atoms with Crippen LogP contribution in [0.3, 0.4) is 0 Å². The van der Waals surface area contributed by atoms with Crippen molar-refractivity contribution in [3.05, 3.63) is 0 Å². The van der Waals surface area contributed by atoms with Gasteiger partial charge in [-0.1, -0.05) is 33.6 Å². The average molecular weight is 294 g/mol. The summed E-state index contributed by atoms with van der Waals surface area (Å²) in [6.07, 6.45) is 7.21. The van der Waals surface area contributed by atoms with Gasteiger partial charge >= 0.3 is 0 Å². The van der Waals surface area contributed by atoms with Gasteiger partial charge in [-0.15, -0.1) is 0 Å². The predicted molar refractivity (Wildman–Crippen MR) is 87.5 cm³/mol. The van der Waals surface area contributed by atoms with Crippen LogP contribution >= 0.6 is 0 Å². The molecule has 3 aliphatic rings. The molecule has 1 N–H and O–H groups in total. The number of ether oxygens (including phenoxy) is 1. The van der Waals surface area contributed by atoms with E-state index in [1.165, 1.54) is 32.1 Å². The van der Waals surface area contributed by atoms with Crippen LogP contribution in [0, 0.1) is 17.3 Å². The molecule has 2 aliphatic carbocycles. The van der Waals surface area contributed by atoms with Gasteiger partial charge in [0, 0.05) is 36.1 Å². The van der Waals surface area contributed by atoms with Crippen molar-refractivity contribution in [1.29, 1.82) is 0 Å². The average Bonchev–Trinajstić information content (AvgIpc) is 2.85. The SMILES string of the molecule is CC1CCCC(CNC2C3CCOC3C2(C)C)(N(C)C)C1. The zero-order chi connectivity index (χ0) is 15.3. The van der Waals surface area contributed by atoms with E-state index in [4.69, 9.17) is 4.74 Å². The lowest BCUT2D eigenvalue weighted by molar-refractivity contribution is -0.116. The number of likely N-dealkylation sites (N-methyl/N-ethyl adjacent to an activating group) is 1. The molecule has 5 atom stereocenters. The zero-order valence-electron chi connectivity index (χ0n) is 14.6. The summed E-state index contributed by atoms with van der Waals surface area (Å²) in [6.45, 7) is 9.28. The minimum atomic E-state index is 0.301. The minimum Gasteiger partial charge on any atom is -0.377 e. The van der Waals surface area contributed by atoms with Gasteiger partial charge in [0.2, 0.25) is 0 Å². The molecular weight excluding hydrogens is 260 g/mol. The largest absolute Gasteiger partial charge is 0.377 e. The van der Waals surface area contributed by atoms with Gasteiger partial charge in [-0.25, -0.2) is 0 Å². The summed E-state index contributed by atoms with van der Waals surface area (Å²) in [6, 6.07) is 0.638. The molecule has 0 aromatic carbocycles. The summed E-state index contributed by atoms with van der Waals surface area (Å²) in [5.74, 6) is 1.61. The predicted octanol–water partition coefficient (Wildman–Crippen LogP) is 2.90. The van der Waals surface area contributed by atoms with Gasteiger partial charge in [-0.3, -0.25) is 0 Å². The summed E-state index contributed by atoms with van der Waals surface area (Å²) in [7, 11) is 4.54. The summed E-state index contributed by atoms with van der Waals surface area (Å²) < 4.78 is 5.93. The van der Waals surface area contributed by atoms with Gasteiger partial charge < -0.3 is 15.0 Å². The monoisotopic (exact) mass is 294 g/mol. The van der Waals surface area contributed by atoms with Crippen LogP contribution in [0.4, 0.5) is 0 Å². The lowest BCUT2D eigenvalue weighted by atomic mass is 9.57. The molecule has 2 saturated carbocycles. The lowest BCUT2D eigenvalue weighted by Gasteiger charge is -2.56. The van der Waals surface area contributed by atoms with E-state index in [0.717, 1.165) is 25.0 Å². The van der Waals surface area contributed by atoms with E-state index >= 15 is 0 Å². The molecule has 3 nitrogen and oxygen atoms in total. The molecule has 0 radical (unpaired) electrons. The Labute approximate surface area is 130 Å². The second-order valence-corrected chi connectivity index (χ2v) is 8.74. The van der Waals surface area contributed by atoms with E-state index < -0.39 is 0 Å². The van der Waals surface area contributed by atoms with Crippen LogP contribution < -0.4 is 5.32 Å². The highest BCUT2D eigenvalue weighted by atomic mass is 16.5. The highest BCUT2D eigenvalue weighted by molar-refractivity contribution is 5.12. The van der Waals surface area contributed by atoms with Crippen LogP contribution in [-0.4, -0.2) is 49.8 Å². The molecule has 122 valence electrons. The molecular formula is C18H34N2O. The van der Waals surface area contributed by atoms with Gasteiger partial charge in [0.1, 0.15) is 0 Å². The summed E-state index contributed by atoms with van der Waals surface area (Å²) in [5, 5.41) is 3.97. The quantitative estimate of drug-likeness (QED) is 0.863. The number of nitrogens with zero attached hydrogens (tertiary/aromatic N) is 1. The van der Waals surface area contributed by atoms with Crippen molar-refractivity contribution >= 4 is 0 Å². The summed E-state index contributed by atoms with van der Waals surface area (Å²) in [4.78, 5) is 2.49. The van der Waals surface area contributed by atoms with Crippen LogP contribution in [0.2, 0.25) is 0 Å². The van der Waals surface area contributed by atoms with Crippen molar-refractivity contribution < 1.29 is 4.74 Å². The maximum atomic E-state index is 5.93. The zero-order valence-corrected chi connectivity index (χ0v) is 14.6. The van der Waals surface area contributed by atoms with Crippen LogP contribution in [0.15, 0.2) is 0 Å². The van der Waals surface area contributed by atoms with Crippen molar-refractivity contribution in [1.82, 2.24) is 10.2 Å². The highest BCUT2D eigenvalue weighted by Gasteiger charge is 2.59. The number of rotatable bonds is 4. The van der Waals surface area contributed by atoms with Gasteiger partial charge in [0.25, 0.3) is 0 Å². The third-order valence-electron chi connectivity index (χ3n) is 6.77. The molecule has 1 aliphatic heterocycles. The standard InChI is InChI=1S/C18H34N2O/c1-13-7-6-9-18(11-13,20(4)5)12-19-15-14-8-10-21-16(14)17(15,2)3/h13-16,19H,6-12H2,1-5H3. The molecule has 0 amide bonds. The Morgan fingerprint density at radius 3 is 2.67 bits per heavy atom. The van der Waals surface area contributed by atoms with E-state index in [0.29, 0.717) is 23.1 Å². The minimum absolute atomic E-state index is 0.301. The molecule has 1 saturated heterocycles. The Bertz CT molecular complexity index is 381. The van der Waals surface area contributed by atoms with Crippen molar-refractivity contribution in [2.45, 2.75) is 70.6 Å². The maximum Gasteiger partial charge on any atom is 0.0685 e. The van der Waals surface area contributed by atoms with E-state index in [1.807, 2.05) is 0 Å². The first-order valence-corrected chi connectivity index (χ1v) is 8.89. The van der Waals surface area contributed by atoms with Crippen molar-refractivity contribution in [2.24, 2.45) is 17.3 Å². The van der Waals surface area contributed by atoms with Crippen molar-refractivity contribution in [2.75, 3.05) is 27.2 Å². The second-order valence-electron chi connectivity index (χ2n) is 8.74. The van der Waals surface area contributed by atoms with E-state index in [2.05, 4.69) is 45.1 Å². The molecule has 21 heavy (non-hydrogen) atoms. The molecule has 0 bridgehead atoms. The van der Waals surface area contributed by atoms with Gasteiger partial charge in [0.15, 0.2) is 0 Å². The van der Waals surface area contributed by atoms with E-state index in [1.54, 1.807) is 0 Å². The molecule has 5 unspecified atom stereocenters. The van der Waals surface area contributed by atoms with Crippen LogP contribution in [-0.2, 0) is 4.74 Å². The third-order valence-corrected chi connectivity index (χ3v) is 6.77. The van der Waals surface area contributed by atoms with E-state index in [9.17, 15) is 0 Å². The Morgan fingerprint density at radius 1 is 1.24 bits per heavy atom. The lowest BCUT2D eigenvalue weighted by Crippen LogP contribution is -2.68. The van der Waals surface area contributed by atoms with Gasteiger partial charge in [-0.2, -0.15) is 0 Å². The van der Waals surface area contributed by atoms with Crippen molar-refractivity contribution in [3.63, 3.8) is 0 Å². The first kappa shape index (κ1) is 15.8. The molecule has 0 aromatic rings. The van der Waals surface area contributed by atoms with Gasteiger partial charge in [0.05, 0.1) is 6.10 Å². The number of nitrogens with one attached hydrogen (secondary N) is 1. The Balaban J connectivity index is 1.65. The summed E-state index contributed by atoms with van der Waals surface area (Å²) in [5.41, 5.74) is 0.660. The fraction of sp³-hybridized carbons (Fsp3) is 1.00. The normalized spacial score (nSPS) is 45.4. The Morgan fingerprint density at radius 2 is 2.00 bits per heavy atom.